The fraction of sp³-hybridized carbons (Fsp3) is 0.333. The van der Waals surface area contributed by atoms with Gasteiger partial charge in [0.15, 0.2) is 0 Å². The first-order valence-electron chi connectivity index (χ1n) is 7.18. The summed E-state index contributed by atoms with van der Waals surface area (Å²) in [4.78, 5) is 23.6. The lowest BCUT2D eigenvalue weighted by atomic mass is 10.2. The molecular formula is C15H18N4O6. The largest absolute Gasteiger partial charge is 0.495 e. The number of carbonyl (C=O) groups is 1. The van der Waals surface area contributed by atoms with Crippen LogP contribution < -0.4 is 10.1 Å². The molecule has 3 N–H and O–H groups in total. The highest BCUT2D eigenvalue weighted by atomic mass is 16.6. The first kappa shape index (κ1) is 19.9. The number of rotatable bonds is 9. The Labute approximate surface area is 143 Å². The predicted octanol–water partition coefficient (Wildman–Crippen LogP) is 0.236. The summed E-state index contributed by atoms with van der Waals surface area (Å²) in [5.74, 6) is -0.406. The number of ether oxygens (including phenoxy) is 1. The van der Waals surface area contributed by atoms with Crippen LogP contribution in [0.15, 0.2) is 30.0 Å². The van der Waals surface area contributed by atoms with Crippen molar-refractivity contribution in [1.29, 1.82) is 5.26 Å². The summed E-state index contributed by atoms with van der Waals surface area (Å²) >= 11 is 0. The Hall–Kier alpha value is -3.16. The van der Waals surface area contributed by atoms with Crippen molar-refractivity contribution in [3.05, 3.63) is 40.1 Å². The first-order valence-corrected chi connectivity index (χ1v) is 7.18. The van der Waals surface area contributed by atoms with E-state index in [4.69, 9.17) is 20.2 Å². The number of aliphatic hydroxyl groups is 2. The number of hydrogen-bond donors (Lipinski definition) is 3. The number of nitrogens with one attached hydrogen (secondary N) is 1. The van der Waals surface area contributed by atoms with Gasteiger partial charge in [0, 0.05) is 31.4 Å². The van der Waals surface area contributed by atoms with Crippen LogP contribution in [0, 0.1) is 21.4 Å². The van der Waals surface area contributed by atoms with E-state index >= 15 is 0 Å². The predicted molar refractivity (Wildman–Crippen MR) is 87.7 cm³/mol. The van der Waals surface area contributed by atoms with Crippen LogP contribution in [0.2, 0.25) is 0 Å². The van der Waals surface area contributed by atoms with Crippen molar-refractivity contribution < 1.29 is 24.7 Å². The molecule has 0 aliphatic heterocycles. The fourth-order valence-corrected chi connectivity index (χ4v) is 1.94. The molecule has 25 heavy (non-hydrogen) atoms. The van der Waals surface area contributed by atoms with Crippen LogP contribution in [0.25, 0.3) is 0 Å². The average Bonchev–Trinajstić information content (AvgIpc) is 2.61. The van der Waals surface area contributed by atoms with Crippen molar-refractivity contribution in [2.45, 2.75) is 0 Å². The molecule has 0 radical (unpaired) electrons. The summed E-state index contributed by atoms with van der Waals surface area (Å²) in [5, 5.41) is 40.6. The van der Waals surface area contributed by atoms with Crippen LogP contribution in [-0.4, -0.2) is 59.4 Å². The number of nitro benzene ring substituents is 1. The average molecular weight is 350 g/mol. The van der Waals surface area contributed by atoms with Gasteiger partial charge in [0.1, 0.15) is 17.4 Å². The highest BCUT2D eigenvalue weighted by Crippen LogP contribution is 2.29. The number of benzene rings is 1. The molecule has 0 aliphatic carbocycles. The molecule has 0 aliphatic rings. The lowest BCUT2D eigenvalue weighted by molar-refractivity contribution is -0.384. The van der Waals surface area contributed by atoms with Gasteiger partial charge in [-0.2, -0.15) is 5.26 Å². The van der Waals surface area contributed by atoms with E-state index in [1.54, 1.807) is 6.07 Å². The molecule has 0 saturated carbocycles. The lowest BCUT2D eigenvalue weighted by Gasteiger charge is -2.20. The molecule has 0 bridgehead atoms. The zero-order chi connectivity index (χ0) is 18.8. The number of amides is 1. The van der Waals surface area contributed by atoms with E-state index in [1.807, 2.05) is 0 Å². The van der Waals surface area contributed by atoms with Crippen LogP contribution >= 0.6 is 0 Å². The molecule has 0 spiro atoms. The second-order valence-electron chi connectivity index (χ2n) is 4.70. The Morgan fingerprint density at radius 1 is 1.44 bits per heavy atom. The zero-order valence-electron chi connectivity index (χ0n) is 13.5. The number of nitro groups is 1. The number of nitriles is 1. The third kappa shape index (κ3) is 5.45. The summed E-state index contributed by atoms with van der Waals surface area (Å²) in [6, 6.07) is 5.56. The lowest BCUT2D eigenvalue weighted by Crippen LogP contribution is -2.36. The van der Waals surface area contributed by atoms with Crippen molar-refractivity contribution >= 4 is 17.3 Å². The molecule has 0 aromatic heterocycles. The smallest absolute Gasteiger partial charge is 0.271 e. The van der Waals surface area contributed by atoms with Crippen molar-refractivity contribution in [3.8, 4) is 11.8 Å². The van der Waals surface area contributed by atoms with Gasteiger partial charge >= 0.3 is 0 Å². The monoisotopic (exact) mass is 350 g/mol. The van der Waals surface area contributed by atoms with Crippen molar-refractivity contribution in [2.75, 3.05) is 38.7 Å². The van der Waals surface area contributed by atoms with E-state index in [0.29, 0.717) is 0 Å². The van der Waals surface area contributed by atoms with E-state index in [0.717, 1.165) is 11.1 Å². The molecular weight excluding hydrogens is 332 g/mol. The van der Waals surface area contributed by atoms with E-state index in [2.05, 4.69) is 5.32 Å². The summed E-state index contributed by atoms with van der Waals surface area (Å²) in [7, 11) is 1.37. The SMILES string of the molecule is COc1ccc([N+](=O)[O-])cc1N/C=C(/C#N)C(=O)N(CCO)CCO. The number of methoxy groups -OCH3 is 1. The highest BCUT2D eigenvalue weighted by Gasteiger charge is 2.18. The fourth-order valence-electron chi connectivity index (χ4n) is 1.94. The van der Waals surface area contributed by atoms with E-state index < -0.39 is 10.8 Å². The van der Waals surface area contributed by atoms with Gasteiger partial charge in [0.05, 0.1) is 30.9 Å². The van der Waals surface area contributed by atoms with Gasteiger partial charge in [-0.1, -0.05) is 0 Å². The third-order valence-electron chi connectivity index (χ3n) is 3.14. The minimum absolute atomic E-state index is 0.0431. The standard InChI is InChI=1S/C15H18N4O6/c1-25-14-3-2-12(19(23)24)8-13(14)17-10-11(9-16)15(22)18(4-6-20)5-7-21/h2-3,8,10,17,20-21H,4-7H2,1H3/b11-10-. The number of non-ortho nitro benzene ring substituents is 1. The van der Waals surface area contributed by atoms with Crippen LogP contribution in [0.1, 0.15) is 0 Å². The molecule has 0 fully saturated rings. The number of carbonyl (C=O) groups excluding carboxylic acids is 1. The number of nitrogens with zero attached hydrogens (tertiary/aromatic N) is 3. The minimum Gasteiger partial charge on any atom is -0.495 e. The molecule has 1 rings (SSSR count). The molecule has 10 nitrogen and oxygen atoms in total. The Bertz CT molecular complexity index is 692. The van der Waals surface area contributed by atoms with Gasteiger partial charge in [-0.15, -0.1) is 0 Å². The number of anilines is 1. The summed E-state index contributed by atoms with van der Waals surface area (Å²) in [5.41, 5.74) is -0.285. The maximum Gasteiger partial charge on any atom is 0.271 e. The molecule has 0 atom stereocenters. The van der Waals surface area contributed by atoms with Gasteiger partial charge < -0.3 is 25.2 Å². The summed E-state index contributed by atoms with van der Waals surface area (Å²) in [6.45, 7) is -0.732. The van der Waals surface area contributed by atoms with Crippen LogP contribution in [-0.2, 0) is 4.79 Å². The third-order valence-corrected chi connectivity index (χ3v) is 3.14. The topological polar surface area (TPSA) is 149 Å². The Balaban J connectivity index is 3.07. The normalized spacial score (nSPS) is 10.7. The van der Waals surface area contributed by atoms with Crippen LogP contribution in [0.4, 0.5) is 11.4 Å². The summed E-state index contributed by atoms with van der Waals surface area (Å²) < 4.78 is 5.07. The van der Waals surface area contributed by atoms with Crippen molar-refractivity contribution in [3.63, 3.8) is 0 Å². The summed E-state index contributed by atoms with van der Waals surface area (Å²) in [6.07, 6.45) is 1.09. The Kier molecular flexibility index (Phi) is 7.85. The molecule has 0 unspecified atom stereocenters. The Morgan fingerprint density at radius 3 is 2.56 bits per heavy atom. The minimum atomic E-state index is -0.692. The van der Waals surface area contributed by atoms with Crippen molar-refractivity contribution in [1.82, 2.24) is 4.90 Å². The van der Waals surface area contributed by atoms with Gasteiger partial charge in [0.25, 0.3) is 11.6 Å². The first-order chi connectivity index (χ1) is 12.0. The van der Waals surface area contributed by atoms with Gasteiger partial charge in [-0.3, -0.25) is 14.9 Å². The Morgan fingerprint density at radius 2 is 2.08 bits per heavy atom. The molecule has 134 valence electrons. The number of aliphatic hydroxyl groups excluding tert-OH is 2. The maximum atomic E-state index is 12.2. The van der Waals surface area contributed by atoms with Gasteiger partial charge in [-0.05, 0) is 6.07 Å². The van der Waals surface area contributed by atoms with E-state index in [1.165, 1.54) is 25.3 Å². The van der Waals surface area contributed by atoms with Crippen molar-refractivity contribution in [2.24, 2.45) is 0 Å². The number of hydrogen-bond acceptors (Lipinski definition) is 8. The molecule has 0 heterocycles. The molecule has 1 amide bonds. The van der Waals surface area contributed by atoms with E-state index in [9.17, 15) is 14.9 Å². The highest BCUT2D eigenvalue weighted by molar-refractivity contribution is 5.97. The molecule has 10 heteroatoms. The van der Waals surface area contributed by atoms with Crippen LogP contribution in [0.3, 0.4) is 0 Å². The maximum absolute atomic E-state index is 12.2. The molecule has 1 aromatic rings. The van der Waals surface area contributed by atoms with Gasteiger partial charge in [-0.25, -0.2) is 0 Å². The molecule has 0 saturated heterocycles. The quantitative estimate of drug-likeness (QED) is 0.248. The second kappa shape index (κ2) is 9.86. The van der Waals surface area contributed by atoms with Crippen LogP contribution in [0.5, 0.6) is 5.75 Å². The van der Waals surface area contributed by atoms with E-state index in [-0.39, 0.29) is 49.0 Å². The zero-order valence-corrected chi connectivity index (χ0v) is 13.5. The van der Waals surface area contributed by atoms with Gasteiger partial charge in [0.2, 0.25) is 0 Å². The molecule has 1 aromatic carbocycles. The second-order valence-corrected chi connectivity index (χ2v) is 4.70.